The molecule has 1 fully saturated rings. The fraction of sp³-hybridized carbons (Fsp3) is 0.667. The van der Waals surface area contributed by atoms with Gasteiger partial charge in [-0.25, -0.2) is 4.39 Å². The number of rotatable bonds is 4. The monoisotopic (exact) mass is 292 g/mol. The normalized spacial score (nSPS) is 24.2. The molecule has 118 valence electrons. The van der Waals surface area contributed by atoms with Gasteiger partial charge in [0.15, 0.2) is 0 Å². The predicted molar refractivity (Wildman–Crippen MR) is 87.0 cm³/mol. The van der Waals surface area contributed by atoms with Gasteiger partial charge in [0.25, 0.3) is 0 Å². The first-order valence-corrected chi connectivity index (χ1v) is 8.04. The van der Waals surface area contributed by atoms with Crippen molar-refractivity contribution >= 4 is 0 Å². The third kappa shape index (κ3) is 4.27. The van der Waals surface area contributed by atoms with Crippen LogP contribution < -0.4 is 5.32 Å². The average Bonchev–Trinajstić information content (AvgIpc) is 2.40. The summed E-state index contributed by atoms with van der Waals surface area (Å²) in [6.45, 7) is 13.5. The molecule has 1 aliphatic heterocycles. The minimum Gasteiger partial charge on any atom is -0.309 e. The summed E-state index contributed by atoms with van der Waals surface area (Å²) in [5, 5.41) is 3.65. The van der Waals surface area contributed by atoms with Crippen molar-refractivity contribution in [3.63, 3.8) is 0 Å². The van der Waals surface area contributed by atoms with Gasteiger partial charge in [-0.2, -0.15) is 0 Å². The van der Waals surface area contributed by atoms with Crippen LogP contribution in [-0.2, 0) is 6.42 Å². The van der Waals surface area contributed by atoms with Gasteiger partial charge in [-0.05, 0) is 50.8 Å². The first-order chi connectivity index (χ1) is 9.78. The van der Waals surface area contributed by atoms with E-state index in [4.69, 9.17) is 0 Å². The molecule has 2 atom stereocenters. The van der Waals surface area contributed by atoms with E-state index >= 15 is 0 Å². The highest BCUT2D eigenvalue weighted by atomic mass is 19.1. The van der Waals surface area contributed by atoms with E-state index in [-0.39, 0.29) is 11.4 Å². The van der Waals surface area contributed by atoms with E-state index < -0.39 is 0 Å². The summed E-state index contributed by atoms with van der Waals surface area (Å²) in [6, 6.07) is 7.96. The Morgan fingerprint density at radius 1 is 1.24 bits per heavy atom. The molecule has 1 aliphatic rings. The standard InChI is InChI=1S/C18H29FN2/c1-13(2)17-11-20-18(4,5)12-21(17)14(3)10-15-6-8-16(19)9-7-15/h6-9,13-14,17,20H,10-12H2,1-5H3. The summed E-state index contributed by atoms with van der Waals surface area (Å²) in [6.07, 6.45) is 0.972. The topological polar surface area (TPSA) is 15.3 Å². The van der Waals surface area contributed by atoms with Gasteiger partial charge in [0, 0.05) is 30.7 Å². The van der Waals surface area contributed by atoms with Crippen molar-refractivity contribution in [2.24, 2.45) is 5.92 Å². The lowest BCUT2D eigenvalue weighted by Crippen LogP contribution is -2.65. The third-order valence-electron chi connectivity index (χ3n) is 4.57. The number of hydrogen-bond acceptors (Lipinski definition) is 2. The molecule has 1 heterocycles. The van der Waals surface area contributed by atoms with Crippen LogP contribution in [0.25, 0.3) is 0 Å². The van der Waals surface area contributed by atoms with Crippen LogP contribution in [0.3, 0.4) is 0 Å². The molecule has 1 N–H and O–H groups in total. The Morgan fingerprint density at radius 3 is 2.43 bits per heavy atom. The van der Waals surface area contributed by atoms with Crippen LogP contribution in [0.5, 0.6) is 0 Å². The molecule has 0 aliphatic carbocycles. The van der Waals surface area contributed by atoms with Crippen LogP contribution in [0, 0.1) is 11.7 Å². The second kappa shape index (κ2) is 6.45. The van der Waals surface area contributed by atoms with Crippen molar-refractivity contribution in [1.29, 1.82) is 0 Å². The Hall–Kier alpha value is -0.930. The number of halogens is 1. The number of nitrogens with one attached hydrogen (secondary N) is 1. The van der Waals surface area contributed by atoms with E-state index in [2.05, 4.69) is 44.8 Å². The highest BCUT2D eigenvalue weighted by Gasteiger charge is 2.36. The summed E-state index contributed by atoms with van der Waals surface area (Å²) in [5.41, 5.74) is 1.37. The number of hydrogen-bond donors (Lipinski definition) is 1. The molecule has 0 saturated carbocycles. The Balaban J connectivity index is 2.09. The smallest absolute Gasteiger partial charge is 0.123 e. The van der Waals surface area contributed by atoms with Gasteiger partial charge in [-0.1, -0.05) is 26.0 Å². The molecule has 1 saturated heterocycles. The highest BCUT2D eigenvalue weighted by Crippen LogP contribution is 2.24. The maximum atomic E-state index is 13.0. The second-order valence-corrected chi connectivity index (χ2v) is 7.43. The van der Waals surface area contributed by atoms with E-state index in [1.54, 1.807) is 12.1 Å². The number of benzene rings is 1. The zero-order valence-corrected chi connectivity index (χ0v) is 14.0. The zero-order valence-electron chi connectivity index (χ0n) is 14.0. The average molecular weight is 292 g/mol. The number of piperazine rings is 1. The van der Waals surface area contributed by atoms with Crippen molar-refractivity contribution < 1.29 is 4.39 Å². The molecule has 1 aromatic carbocycles. The lowest BCUT2D eigenvalue weighted by atomic mass is 9.90. The molecule has 0 aromatic heterocycles. The van der Waals surface area contributed by atoms with E-state index in [0.717, 1.165) is 19.5 Å². The van der Waals surface area contributed by atoms with E-state index in [1.165, 1.54) is 5.56 Å². The molecule has 21 heavy (non-hydrogen) atoms. The van der Waals surface area contributed by atoms with Crippen molar-refractivity contribution in [2.75, 3.05) is 13.1 Å². The van der Waals surface area contributed by atoms with Gasteiger partial charge in [0.05, 0.1) is 0 Å². The van der Waals surface area contributed by atoms with Gasteiger partial charge in [0.2, 0.25) is 0 Å². The lowest BCUT2D eigenvalue weighted by Gasteiger charge is -2.49. The fourth-order valence-electron chi connectivity index (χ4n) is 3.31. The molecule has 3 heteroatoms. The van der Waals surface area contributed by atoms with Crippen LogP contribution in [0.15, 0.2) is 24.3 Å². The van der Waals surface area contributed by atoms with E-state index in [1.807, 2.05) is 12.1 Å². The summed E-state index contributed by atoms with van der Waals surface area (Å²) >= 11 is 0. The maximum absolute atomic E-state index is 13.0. The van der Waals surface area contributed by atoms with Crippen molar-refractivity contribution in [2.45, 2.75) is 58.7 Å². The van der Waals surface area contributed by atoms with Gasteiger partial charge >= 0.3 is 0 Å². The quantitative estimate of drug-likeness (QED) is 0.914. The molecular formula is C18H29FN2. The van der Waals surface area contributed by atoms with Crippen molar-refractivity contribution in [3.05, 3.63) is 35.6 Å². The molecule has 2 nitrogen and oxygen atoms in total. The Bertz CT molecular complexity index is 453. The van der Waals surface area contributed by atoms with Gasteiger partial charge < -0.3 is 5.32 Å². The van der Waals surface area contributed by atoms with Crippen LogP contribution in [0.2, 0.25) is 0 Å². The zero-order chi connectivity index (χ0) is 15.6. The Morgan fingerprint density at radius 2 is 1.86 bits per heavy atom. The van der Waals surface area contributed by atoms with Crippen molar-refractivity contribution in [3.8, 4) is 0 Å². The Kier molecular flexibility index (Phi) is 5.05. The molecule has 0 bridgehead atoms. The first kappa shape index (κ1) is 16.4. The van der Waals surface area contributed by atoms with Crippen molar-refractivity contribution in [1.82, 2.24) is 10.2 Å². The molecule has 0 radical (unpaired) electrons. The molecule has 0 amide bonds. The van der Waals surface area contributed by atoms with E-state index in [0.29, 0.717) is 18.0 Å². The van der Waals surface area contributed by atoms with Crippen LogP contribution in [-0.4, -0.2) is 35.6 Å². The lowest BCUT2D eigenvalue weighted by molar-refractivity contribution is 0.0377. The Labute approximate surface area is 128 Å². The van der Waals surface area contributed by atoms with E-state index in [9.17, 15) is 4.39 Å². The SMILES string of the molecule is CC(C)C1CNC(C)(C)CN1C(C)Cc1ccc(F)cc1. The van der Waals surface area contributed by atoms with Gasteiger partial charge in [0.1, 0.15) is 5.82 Å². The highest BCUT2D eigenvalue weighted by molar-refractivity contribution is 5.17. The predicted octanol–water partition coefficient (Wildman–Crippen LogP) is 3.47. The second-order valence-electron chi connectivity index (χ2n) is 7.43. The summed E-state index contributed by atoms with van der Waals surface area (Å²) < 4.78 is 13.0. The van der Waals surface area contributed by atoms with Crippen LogP contribution in [0.1, 0.15) is 40.2 Å². The molecule has 2 rings (SSSR count). The van der Waals surface area contributed by atoms with Crippen LogP contribution >= 0.6 is 0 Å². The largest absolute Gasteiger partial charge is 0.309 e. The minimum absolute atomic E-state index is 0.155. The molecular weight excluding hydrogens is 263 g/mol. The van der Waals surface area contributed by atoms with Gasteiger partial charge in [-0.3, -0.25) is 4.90 Å². The third-order valence-corrected chi connectivity index (χ3v) is 4.57. The molecule has 0 spiro atoms. The summed E-state index contributed by atoms with van der Waals surface area (Å²) in [4.78, 5) is 2.63. The van der Waals surface area contributed by atoms with Crippen LogP contribution in [0.4, 0.5) is 4.39 Å². The first-order valence-electron chi connectivity index (χ1n) is 8.04. The maximum Gasteiger partial charge on any atom is 0.123 e. The molecule has 1 aromatic rings. The fourth-order valence-corrected chi connectivity index (χ4v) is 3.31. The summed E-state index contributed by atoms with van der Waals surface area (Å²) in [5.74, 6) is 0.471. The molecule has 2 unspecified atom stereocenters. The summed E-state index contributed by atoms with van der Waals surface area (Å²) in [7, 11) is 0. The minimum atomic E-state index is -0.158. The van der Waals surface area contributed by atoms with Gasteiger partial charge in [-0.15, -0.1) is 0 Å². The number of nitrogens with zero attached hydrogens (tertiary/aromatic N) is 1.